The molecule has 78 valence electrons. The molecule has 0 amide bonds. The van der Waals surface area contributed by atoms with Crippen LogP contribution in [0.1, 0.15) is 37.3 Å². The Kier molecular flexibility index (Phi) is 1.66. The summed E-state index contributed by atoms with van der Waals surface area (Å²) in [6.45, 7) is 4.19. The van der Waals surface area contributed by atoms with E-state index in [1.54, 1.807) is 0 Å². The van der Waals surface area contributed by atoms with Crippen LogP contribution < -0.4 is 0 Å². The van der Waals surface area contributed by atoms with Gasteiger partial charge in [-0.1, -0.05) is 38.1 Å². The number of carbonyl (C=O) groups excluding carboxylic acids is 1. The van der Waals surface area contributed by atoms with Gasteiger partial charge < -0.3 is 0 Å². The maximum Gasteiger partial charge on any atom is 0.142 e. The average molecular weight is 200 g/mol. The van der Waals surface area contributed by atoms with E-state index < -0.39 is 0 Å². The molecule has 1 fully saturated rings. The van der Waals surface area contributed by atoms with E-state index in [-0.39, 0.29) is 5.41 Å². The summed E-state index contributed by atoms with van der Waals surface area (Å²) in [5, 5.41) is 0. The van der Waals surface area contributed by atoms with Crippen LogP contribution in [-0.2, 0) is 11.2 Å². The zero-order chi connectivity index (χ0) is 10.6. The fraction of sp³-hybridized carbons (Fsp3) is 0.500. The molecule has 1 heteroatoms. The lowest BCUT2D eigenvalue weighted by atomic mass is 9.49. The molecule has 2 unspecified atom stereocenters. The van der Waals surface area contributed by atoms with Crippen LogP contribution in [0.15, 0.2) is 24.3 Å². The molecule has 0 aliphatic heterocycles. The van der Waals surface area contributed by atoms with Gasteiger partial charge in [-0.05, 0) is 24.0 Å². The highest BCUT2D eigenvalue weighted by atomic mass is 16.1. The molecular weight excluding hydrogens is 184 g/mol. The molecule has 0 saturated heterocycles. The van der Waals surface area contributed by atoms with Gasteiger partial charge in [-0.25, -0.2) is 0 Å². The van der Waals surface area contributed by atoms with Crippen LogP contribution in [0.3, 0.4) is 0 Å². The number of hydrogen-bond acceptors (Lipinski definition) is 1. The minimum Gasteiger partial charge on any atom is -0.299 e. The second-order valence-corrected chi connectivity index (χ2v) is 5.41. The molecule has 15 heavy (non-hydrogen) atoms. The highest BCUT2D eigenvalue weighted by molar-refractivity contribution is 5.95. The first-order valence-corrected chi connectivity index (χ1v) is 5.74. The molecule has 0 aromatic heterocycles. The first kappa shape index (κ1) is 9.14. The molecule has 1 aromatic rings. The third kappa shape index (κ3) is 1.01. The fourth-order valence-electron chi connectivity index (χ4n) is 3.47. The predicted molar refractivity (Wildman–Crippen MR) is 59.8 cm³/mol. The maximum atomic E-state index is 11.9. The third-order valence-corrected chi connectivity index (χ3v) is 4.27. The number of rotatable bonds is 0. The van der Waals surface area contributed by atoms with Gasteiger partial charge in [-0.2, -0.15) is 0 Å². The molecule has 0 heterocycles. The zero-order valence-corrected chi connectivity index (χ0v) is 9.29. The van der Waals surface area contributed by atoms with Gasteiger partial charge in [-0.15, -0.1) is 0 Å². The Bertz CT molecular complexity index is 431. The standard InChI is InChI=1S/C14H16O/c1-14(2)12-10-6-4-3-5-9(10)7-8-11(12)13(14)15/h3-6,11-12H,7-8H2,1-2H3. The van der Waals surface area contributed by atoms with Crippen LogP contribution >= 0.6 is 0 Å². The smallest absolute Gasteiger partial charge is 0.142 e. The molecule has 2 aliphatic carbocycles. The molecule has 1 aromatic carbocycles. The number of benzene rings is 1. The van der Waals surface area contributed by atoms with Crippen molar-refractivity contribution in [2.24, 2.45) is 11.3 Å². The van der Waals surface area contributed by atoms with E-state index in [0.717, 1.165) is 12.8 Å². The van der Waals surface area contributed by atoms with Gasteiger partial charge in [0.05, 0.1) is 0 Å². The number of Topliss-reactive ketones (excluding diaryl/α,β-unsaturated/α-hetero) is 1. The summed E-state index contributed by atoms with van der Waals surface area (Å²) in [6.07, 6.45) is 2.14. The third-order valence-electron chi connectivity index (χ3n) is 4.27. The monoisotopic (exact) mass is 200 g/mol. The second kappa shape index (κ2) is 2.72. The van der Waals surface area contributed by atoms with Crippen molar-refractivity contribution in [2.45, 2.75) is 32.6 Å². The Morgan fingerprint density at radius 2 is 2.00 bits per heavy atom. The summed E-state index contributed by atoms with van der Waals surface area (Å²) >= 11 is 0. The molecule has 3 rings (SSSR count). The zero-order valence-electron chi connectivity index (χ0n) is 9.29. The molecule has 0 radical (unpaired) electrons. The minimum atomic E-state index is -0.124. The first-order valence-electron chi connectivity index (χ1n) is 5.74. The van der Waals surface area contributed by atoms with Crippen molar-refractivity contribution < 1.29 is 4.79 Å². The summed E-state index contributed by atoms with van der Waals surface area (Å²) in [5.41, 5.74) is 2.76. The van der Waals surface area contributed by atoms with Gasteiger partial charge in [0.25, 0.3) is 0 Å². The van der Waals surface area contributed by atoms with Crippen molar-refractivity contribution in [3.8, 4) is 0 Å². The van der Waals surface area contributed by atoms with Crippen molar-refractivity contribution in [2.75, 3.05) is 0 Å². The van der Waals surface area contributed by atoms with Gasteiger partial charge in [-0.3, -0.25) is 4.79 Å². The van der Waals surface area contributed by atoms with Crippen molar-refractivity contribution in [3.63, 3.8) is 0 Å². The largest absolute Gasteiger partial charge is 0.299 e. The van der Waals surface area contributed by atoms with E-state index in [4.69, 9.17) is 0 Å². The average Bonchev–Trinajstić information content (AvgIpc) is 2.26. The Morgan fingerprint density at radius 3 is 2.80 bits per heavy atom. The lowest BCUT2D eigenvalue weighted by Crippen LogP contribution is -2.54. The maximum absolute atomic E-state index is 11.9. The Balaban J connectivity index is 2.11. The molecule has 0 N–H and O–H groups in total. The molecule has 1 nitrogen and oxygen atoms in total. The SMILES string of the molecule is CC1(C)C(=O)C2CCc3ccccc3C21. The Labute approximate surface area is 90.5 Å². The van der Waals surface area contributed by atoms with Crippen molar-refractivity contribution in [1.29, 1.82) is 0 Å². The van der Waals surface area contributed by atoms with Crippen LogP contribution in [0, 0.1) is 11.3 Å². The summed E-state index contributed by atoms with van der Waals surface area (Å²) < 4.78 is 0. The molecular formula is C14H16O. The summed E-state index contributed by atoms with van der Waals surface area (Å²) in [7, 11) is 0. The van der Waals surface area contributed by atoms with E-state index in [1.807, 2.05) is 0 Å². The second-order valence-electron chi connectivity index (χ2n) is 5.41. The van der Waals surface area contributed by atoms with Crippen LogP contribution in [0.25, 0.3) is 0 Å². The van der Waals surface area contributed by atoms with Gasteiger partial charge in [0.1, 0.15) is 5.78 Å². The lowest BCUT2D eigenvalue weighted by Gasteiger charge is -2.52. The molecule has 2 aliphatic rings. The highest BCUT2D eigenvalue weighted by Crippen LogP contribution is 2.57. The van der Waals surface area contributed by atoms with E-state index in [2.05, 4.69) is 38.1 Å². The van der Waals surface area contributed by atoms with Crippen LogP contribution in [0.5, 0.6) is 0 Å². The lowest BCUT2D eigenvalue weighted by molar-refractivity contribution is -0.147. The van der Waals surface area contributed by atoms with E-state index >= 15 is 0 Å². The normalized spacial score (nSPS) is 31.5. The molecule has 2 atom stereocenters. The predicted octanol–water partition coefficient (Wildman–Crippen LogP) is 2.94. The van der Waals surface area contributed by atoms with Gasteiger partial charge >= 0.3 is 0 Å². The van der Waals surface area contributed by atoms with Crippen molar-refractivity contribution >= 4 is 5.78 Å². The number of aryl methyl sites for hydroxylation is 1. The number of ketones is 1. The highest BCUT2D eigenvalue weighted by Gasteiger charge is 2.57. The number of fused-ring (bicyclic) bond motifs is 3. The van der Waals surface area contributed by atoms with Gasteiger partial charge in [0.2, 0.25) is 0 Å². The molecule has 0 bridgehead atoms. The van der Waals surface area contributed by atoms with Crippen molar-refractivity contribution in [1.82, 2.24) is 0 Å². The summed E-state index contributed by atoms with van der Waals surface area (Å²) in [4.78, 5) is 11.9. The van der Waals surface area contributed by atoms with E-state index in [0.29, 0.717) is 17.6 Å². The van der Waals surface area contributed by atoms with Crippen molar-refractivity contribution in [3.05, 3.63) is 35.4 Å². The van der Waals surface area contributed by atoms with Gasteiger partial charge in [0.15, 0.2) is 0 Å². The number of carbonyl (C=O) groups is 1. The van der Waals surface area contributed by atoms with Gasteiger partial charge in [0, 0.05) is 17.3 Å². The number of hydrogen-bond donors (Lipinski definition) is 0. The Morgan fingerprint density at radius 1 is 1.27 bits per heavy atom. The van der Waals surface area contributed by atoms with Crippen LogP contribution in [-0.4, -0.2) is 5.78 Å². The summed E-state index contributed by atoms with van der Waals surface area (Å²) in [6, 6.07) is 8.62. The topological polar surface area (TPSA) is 17.1 Å². The van der Waals surface area contributed by atoms with E-state index in [1.165, 1.54) is 11.1 Å². The Hall–Kier alpha value is -1.11. The molecule has 1 saturated carbocycles. The first-order chi connectivity index (χ1) is 7.12. The summed E-state index contributed by atoms with van der Waals surface area (Å²) in [5.74, 6) is 1.27. The molecule has 0 spiro atoms. The van der Waals surface area contributed by atoms with E-state index in [9.17, 15) is 4.79 Å². The van der Waals surface area contributed by atoms with Crippen LogP contribution in [0.2, 0.25) is 0 Å². The fourth-order valence-corrected chi connectivity index (χ4v) is 3.47. The van der Waals surface area contributed by atoms with Crippen LogP contribution in [0.4, 0.5) is 0 Å². The quantitative estimate of drug-likeness (QED) is 0.629. The minimum absolute atomic E-state index is 0.124.